The van der Waals surface area contributed by atoms with E-state index in [1.807, 2.05) is 6.92 Å². The Labute approximate surface area is 141 Å². The van der Waals surface area contributed by atoms with Gasteiger partial charge in [-0.3, -0.25) is 4.79 Å². The summed E-state index contributed by atoms with van der Waals surface area (Å²) in [6.45, 7) is 3.64. The fourth-order valence-corrected chi connectivity index (χ4v) is 2.99. The molecule has 0 heterocycles. The maximum absolute atomic E-state index is 12.4. The van der Waals surface area contributed by atoms with Crippen LogP contribution in [0.15, 0.2) is 41.3 Å². The molecule has 0 aliphatic heterocycles. The predicted molar refractivity (Wildman–Crippen MR) is 93.1 cm³/mol. The molecule has 0 saturated carbocycles. The Kier molecular flexibility index (Phi) is 5.26. The van der Waals surface area contributed by atoms with Gasteiger partial charge in [0.2, 0.25) is 10.0 Å². The van der Waals surface area contributed by atoms with E-state index in [-0.39, 0.29) is 10.8 Å². The SMILES string of the molecule is CNS(=O)(=O)c1ccc(C)c(NC(=O)c2ccc(OC)c(C)c2)c1. The second kappa shape index (κ2) is 7.02. The number of carbonyl (C=O) groups excluding carboxylic acids is 1. The average molecular weight is 348 g/mol. The van der Waals surface area contributed by atoms with Gasteiger partial charge < -0.3 is 10.1 Å². The van der Waals surface area contributed by atoms with Crippen molar-refractivity contribution in [1.82, 2.24) is 4.72 Å². The number of carbonyl (C=O) groups is 1. The third kappa shape index (κ3) is 3.74. The smallest absolute Gasteiger partial charge is 0.255 e. The van der Waals surface area contributed by atoms with Crippen molar-refractivity contribution in [1.29, 1.82) is 0 Å². The van der Waals surface area contributed by atoms with Crippen molar-refractivity contribution < 1.29 is 17.9 Å². The van der Waals surface area contributed by atoms with E-state index in [1.165, 1.54) is 19.2 Å². The minimum atomic E-state index is -3.57. The van der Waals surface area contributed by atoms with Crippen molar-refractivity contribution in [2.75, 3.05) is 19.5 Å². The zero-order valence-electron chi connectivity index (χ0n) is 14.0. The molecule has 0 atom stereocenters. The first-order valence-electron chi connectivity index (χ1n) is 7.28. The van der Waals surface area contributed by atoms with Gasteiger partial charge in [0.05, 0.1) is 12.0 Å². The lowest BCUT2D eigenvalue weighted by molar-refractivity contribution is 0.102. The molecule has 0 aliphatic carbocycles. The van der Waals surface area contributed by atoms with Crippen LogP contribution < -0.4 is 14.8 Å². The molecule has 0 aromatic heterocycles. The summed E-state index contributed by atoms with van der Waals surface area (Å²) in [6.07, 6.45) is 0. The van der Waals surface area contributed by atoms with Gasteiger partial charge in [0.15, 0.2) is 0 Å². The molecule has 0 aliphatic rings. The highest BCUT2D eigenvalue weighted by Gasteiger charge is 2.15. The summed E-state index contributed by atoms with van der Waals surface area (Å²) in [6, 6.07) is 9.68. The van der Waals surface area contributed by atoms with Gasteiger partial charge in [0, 0.05) is 11.3 Å². The lowest BCUT2D eigenvalue weighted by atomic mass is 10.1. The summed E-state index contributed by atoms with van der Waals surface area (Å²) < 4.78 is 31.2. The lowest BCUT2D eigenvalue weighted by Gasteiger charge is -2.12. The monoisotopic (exact) mass is 348 g/mol. The van der Waals surface area contributed by atoms with Gasteiger partial charge in [0.25, 0.3) is 5.91 Å². The summed E-state index contributed by atoms with van der Waals surface area (Å²) >= 11 is 0. The Morgan fingerprint density at radius 1 is 1.04 bits per heavy atom. The van der Waals surface area contributed by atoms with Crippen molar-refractivity contribution in [2.24, 2.45) is 0 Å². The number of aryl methyl sites for hydroxylation is 2. The van der Waals surface area contributed by atoms with Crippen LogP contribution in [0.3, 0.4) is 0 Å². The van der Waals surface area contributed by atoms with Crippen LogP contribution in [0.2, 0.25) is 0 Å². The first-order chi connectivity index (χ1) is 11.3. The predicted octanol–water partition coefficient (Wildman–Crippen LogP) is 2.47. The summed E-state index contributed by atoms with van der Waals surface area (Å²) in [5.41, 5.74) is 2.52. The molecule has 0 bridgehead atoms. The molecule has 0 radical (unpaired) electrons. The zero-order valence-corrected chi connectivity index (χ0v) is 14.8. The largest absolute Gasteiger partial charge is 0.496 e. The van der Waals surface area contributed by atoms with Crippen LogP contribution in [0.4, 0.5) is 5.69 Å². The van der Waals surface area contributed by atoms with Crippen molar-refractivity contribution in [3.63, 3.8) is 0 Å². The van der Waals surface area contributed by atoms with Crippen molar-refractivity contribution in [3.05, 3.63) is 53.1 Å². The number of benzene rings is 2. The Balaban J connectivity index is 2.32. The minimum Gasteiger partial charge on any atom is -0.496 e. The first kappa shape index (κ1) is 18.0. The van der Waals surface area contributed by atoms with E-state index in [9.17, 15) is 13.2 Å². The molecule has 7 heteroatoms. The van der Waals surface area contributed by atoms with E-state index in [4.69, 9.17) is 4.74 Å². The third-order valence-electron chi connectivity index (χ3n) is 3.69. The zero-order chi connectivity index (χ0) is 17.9. The number of nitrogens with one attached hydrogen (secondary N) is 2. The maximum atomic E-state index is 12.4. The molecule has 2 rings (SSSR count). The number of anilines is 1. The second-order valence-electron chi connectivity index (χ2n) is 5.32. The van der Waals surface area contributed by atoms with E-state index >= 15 is 0 Å². The van der Waals surface area contributed by atoms with Gasteiger partial charge in [-0.05, 0) is 62.4 Å². The molecule has 0 spiro atoms. The molecular weight excluding hydrogens is 328 g/mol. The van der Waals surface area contributed by atoms with Crippen molar-refractivity contribution in [2.45, 2.75) is 18.7 Å². The molecule has 0 saturated heterocycles. The number of amides is 1. The molecule has 24 heavy (non-hydrogen) atoms. The highest BCUT2D eigenvalue weighted by molar-refractivity contribution is 7.89. The van der Waals surface area contributed by atoms with Crippen LogP contribution >= 0.6 is 0 Å². The van der Waals surface area contributed by atoms with E-state index < -0.39 is 10.0 Å². The van der Waals surface area contributed by atoms with Crippen molar-refractivity contribution >= 4 is 21.6 Å². The quantitative estimate of drug-likeness (QED) is 0.869. The summed E-state index contributed by atoms with van der Waals surface area (Å²) in [5.74, 6) is 0.382. The number of sulfonamides is 1. The van der Waals surface area contributed by atoms with Crippen LogP contribution in [-0.2, 0) is 10.0 Å². The highest BCUT2D eigenvalue weighted by Crippen LogP contribution is 2.22. The number of rotatable bonds is 5. The normalized spacial score (nSPS) is 11.2. The van der Waals surface area contributed by atoms with Gasteiger partial charge >= 0.3 is 0 Å². The van der Waals surface area contributed by atoms with Crippen LogP contribution in [0.1, 0.15) is 21.5 Å². The second-order valence-corrected chi connectivity index (χ2v) is 7.21. The van der Waals surface area contributed by atoms with Crippen molar-refractivity contribution in [3.8, 4) is 5.75 Å². The summed E-state index contributed by atoms with van der Waals surface area (Å²) in [5, 5.41) is 2.76. The molecule has 6 nitrogen and oxygen atoms in total. The van der Waals surface area contributed by atoms with E-state index in [0.717, 1.165) is 11.1 Å². The van der Waals surface area contributed by atoms with Gasteiger partial charge in [-0.25, -0.2) is 13.1 Å². The average Bonchev–Trinajstić information content (AvgIpc) is 2.56. The topological polar surface area (TPSA) is 84.5 Å². The lowest BCUT2D eigenvalue weighted by Crippen LogP contribution is -2.19. The highest BCUT2D eigenvalue weighted by atomic mass is 32.2. The number of hydrogen-bond acceptors (Lipinski definition) is 4. The molecule has 2 N–H and O–H groups in total. The van der Waals surface area contributed by atoms with Gasteiger partial charge in [-0.15, -0.1) is 0 Å². The molecule has 2 aromatic rings. The molecule has 0 fully saturated rings. The first-order valence-corrected chi connectivity index (χ1v) is 8.77. The molecular formula is C17H20N2O4S. The Morgan fingerprint density at radius 3 is 2.33 bits per heavy atom. The maximum Gasteiger partial charge on any atom is 0.255 e. The number of ether oxygens (including phenoxy) is 1. The summed E-state index contributed by atoms with van der Waals surface area (Å²) in [4.78, 5) is 12.5. The fraction of sp³-hybridized carbons (Fsp3) is 0.235. The van der Waals surface area contributed by atoms with E-state index in [2.05, 4.69) is 10.0 Å². The Morgan fingerprint density at radius 2 is 1.75 bits per heavy atom. The van der Waals surface area contributed by atoms with Crippen LogP contribution in [0, 0.1) is 13.8 Å². The number of hydrogen-bond donors (Lipinski definition) is 2. The third-order valence-corrected chi connectivity index (χ3v) is 5.11. The van der Waals surface area contributed by atoms with Gasteiger partial charge in [-0.1, -0.05) is 6.07 Å². The fourth-order valence-electron chi connectivity index (χ4n) is 2.23. The molecule has 1 amide bonds. The van der Waals surface area contributed by atoms with Crippen LogP contribution in [0.5, 0.6) is 5.75 Å². The van der Waals surface area contributed by atoms with Gasteiger partial charge in [0.1, 0.15) is 5.75 Å². The standard InChI is InChI=1S/C17H20N2O4S/c1-11-5-7-14(24(21,22)18-3)10-15(11)19-17(20)13-6-8-16(23-4)12(2)9-13/h5-10,18H,1-4H3,(H,19,20). The molecule has 2 aromatic carbocycles. The Bertz CT molecular complexity index is 876. The summed E-state index contributed by atoms with van der Waals surface area (Å²) in [7, 11) is -0.662. The number of methoxy groups -OCH3 is 1. The van der Waals surface area contributed by atoms with Crippen LogP contribution in [-0.4, -0.2) is 28.5 Å². The Hall–Kier alpha value is -2.38. The minimum absolute atomic E-state index is 0.0943. The van der Waals surface area contributed by atoms with Gasteiger partial charge in [-0.2, -0.15) is 0 Å². The van der Waals surface area contributed by atoms with E-state index in [1.54, 1.807) is 38.3 Å². The van der Waals surface area contributed by atoms with Crippen LogP contribution in [0.25, 0.3) is 0 Å². The van der Waals surface area contributed by atoms with E-state index in [0.29, 0.717) is 17.0 Å². The molecule has 128 valence electrons. The molecule has 0 unspecified atom stereocenters.